The van der Waals surface area contributed by atoms with Gasteiger partial charge in [-0.2, -0.15) is 5.26 Å². The van der Waals surface area contributed by atoms with E-state index in [1.807, 2.05) is 0 Å². The first-order valence-electron chi connectivity index (χ1n) is 8.11. The van der Waals surface area contributed by atoms with Crippen LogP contribution in [0.25, 0.3) is 0 Å². The molecule has 3 rings (SSSR count). The average molecular weight is 448 g/mol. The molecule has 2 aromatic carbocycles. The highest BCUT2D eigenvalue weighted by Crippen LogP contribution is 2.26. The van der Waals surface area contributed by atoms with Gasteiger partial charge in [0.15, 0.2) is 0 Å². The number of hydrogen-bond donors (Lipinski definition) is 1. The van der Waals surface area contributed by atoms with Crippen molar-refractivity contribution >= 4 is 33.7 Å². The summed E-state index contributed by atoms with van der Waals surface area (Å²) in [4.78, 5) is 37.8. The van der Waals surface area contributed by atoms with Gasteiger partial charge in [-0.1, -0.05) is 22.0 Å². The number of imide groups is 1. The lowest BCUT2D eigenvalue weighted by Crippen LogP contribution is -2.35. The van der Waals surface area contributed by atoms with Crippen LogP contribution < -0.4 is 5.32 Å². The molecule has 6 nitrogen and oxygen atoms in total. The van der Waals surface area contributed by atoms with Crippen LogP contribution in [0.4, 0.5) is 8.78 Å². The number of benzene rings is 2. The van der Waals surface area contributed by atoms with Crippen molar-refractivity contribution in [2.45, 2.75) is 12.5 Å². The zero-order valence-corrected chi connectivity index (χ0v) is 15.8. The molecule has 1 unspecified atom stereocenters. The summed E-state index contributed by atoms with van der Waals surface area (Å²) in [7, 11) is 0. The Morgan fingerprint density at radius 2 is 1.86 bits per heavy atom. The number of halogens is 3. The zero-order chi connectivity index (χ0) is 20.4. The molecule has 0 saturated carbocycles. The number of carbonyl (C=O) groups is 3. The average Bonchev–Trinajstić information content (AvgIpc) is 2.88. The van der Waals surface area contributed by atoms with E-state index in [0.29, 0.717) is 10.5 Å². The van der Waals surface area contributed by atoms with Crippen molar-refractivity contribution in [2.24, 2.45) is 0 Å². The van der Waals surface area contributed by atoms with Crippen LogP contribution in [0.2, 0.25) is 0 Å². The smallest absolute Gasteiger partial charge is 0.261 e. The third kappa shape index (κ3) is 3.77. The Morgan fingerprint density at radius 1 is 1.14 bits per heavy atom. The summed E-state index contributed by atoms with van der Waals surface area (Å²) in [5.41, 5.74) is 0.308. The van der Waals surface area contributed by atoms with Crippen molar-refractivity contribution in [2.75, 3.05) is 6.54 Å². The number of rotatable bonds is 5. The van der Waals surface area contributed by atoms with Crippen LogP contribution in [0.15, 0.2) is 40.9 Å². The van der Waals surface area contributed by atoms with Crippen LogP contribution in [0.5, 0.6) is 0 Å². The molecule has 0 aromatic heterocycles. The number of nitriles is 1. The Morgan fingerprint density at radius 3 is 2.54 bits per heavy atom. The highest BCUT2D eigenvalue weighted by atomic mass is 79.9. The molecule has 0 spiro atoms. The van der Waals surface area contributed by atoms with Gasteiger partial charge in [-0.25, -0.2) is 8.78 Å². The molecular weight excluding hydrogens is 436 g/mol. The van der Waals surface area contributed by atoms with E-state index >= 15 is 0 Å². The highest BCUT2D eigenvalue weighted by molar-refractivity contribution is 9.10. The van der Waals surface area contributed by atoms with Gasteiger partial charge in [0, 0.05) is 29.1 Å². The first-order chi connectivity index (χ1) is 13.3. The molecule has 1 aliphatic rings. The largest absolute Gasteiger partial charge is 0.336 e. The van der Waals surface area contributed by atoms with Crippen molar-refractivity contribution < 1.29 is 23.2 Å². The lowest BCUT2D eigenvalue weighted by Gasteiger charge is -2.16. The number of nitrogens with zero attached hydrogens (tertiary/aromatic N) is 2. The maximum absolute atomic E-state index is 13.8. The van der Waals surface area contributed by atoms with E-state index in [-0.39, 0.29) is 29.7 Å². The van der Waals surface area contributed by atoms with Crippen LogP contribution in [0.3, 0.4) is 0 Å². The Balaban J connectivity index is 1.65. The Kier molecular flexibility index (Phi) is 5.51. The van der Waals surface area contributed by atoms with Gasteiger partial charge in [0.2, 0.25) is 5.91 Å². The fourth-order valence-corrected chi connectivity index (χ4v) is 3.19. The Hall–Kier alpha value is -3.12. The van der Waals surface area contributed by atoms with Gasteiger partial charge in [0.1, 0.15) is 17.7 Å². The molecular formula is C19H12BrF2N3O3. The maximum atomic E-state index is 13.8. The number of fused-ring (bicyclic) bond motifs is 1. The second-order valence-corrected chi connectivity index (χ2v) is 6.91. The van der Waals surface area contributed by atoms with Crippen molar-refractivity contribution in [3.05, 3.63) is 69.2 Å². The van der Waals surface area contributed by atoms with E-state index in [1.54, 1.807) is 12.1 Å². The first-order valence-corrected chi connectivity index (χ1v) is 8.91. The lowest BCUT2D eigenvalue weighted by molar-refractivity contribution is -0.121. The van der Waals surface area contributed by atoms with E-state index in [0.717, 1.165) is 17.0 Å². The van der Waals surface area contributed by atoms with Crippen molar-refractivity contribution in [3.63, 3.8) is 0 Å². The molecule has 2 aromatic rings. The molecule has 0 fully saturated rings. The fourth-order valence-electron chi connectivity index (χ4n) is 2.83. The molecule has 1 heterocycles. The standard InChI is InChI=1S/C19H12BrF2N3O3/c20-10-1-3-12-14(7-10)19(28)25(18(12)27)6-5-17(26)24-16(9-23)13-4-2-11(21)8-15(13)22/h1-4,7-8,16H,5-6H2,(H,24,26). The third-order valence-electron chi connectivity index (χ3n) is 4.20. The fraction of sp³-hybridized carbons (Fsp3) is 0.158. The zero-order valence-electron chi connectivity index (χ0n) is 14.2. The minimum atomic E-state index is -1.33. The van der Waals surface area contributed by atoms with Crippen molar-refractivity contribution in [1.29, 1.82) is 5.26 Å². The molecule has 1 atom stereocenters. The predicted octanol–water partition coefficient (Wildman–Crippen LogP) is 3.09. The van der Waals surface area contributed by atoms with Crippen molar-refractivity contribution in [3.8, 4) is 6.07 Å². The van der Waals surface area contributed by atoms with Crippen LogP contribution in [0.1, 0.15) is 38.7 Å². The van der Waals surface area contributed by atoms with Gasteiger partial charge < -0.3 is 5.32 Å². The molecule has 142 valence electrons. The third-order valence-corrected chi connectivity index (χ3v) is 4.70. The van der Waals surface area contributed by atoms with Gasteiger partial charge in [-0.05, 0) is 24.3 Å². The van der Waals surface area contributed by atoms with Crippen LogP contribution in [-0.2, 0) is 4.79 Å². The summed E-state index contributed by atoms with van der Waals surface area (Å²) in [6.07, 6.45) is -0.270. The summed E-state index contributed by atoms with van der Waals surface area (Å²) in [5, 5.41) is 11.5. The summed E-state index contributed by atoms with van der Waals surface area (Å²) in [5.74, 6) is -3.45. The number of amides is 3. The molecule has 1 N–H and O–H groups in total. The van der Waals surface area contributed by atoms with Crippen LogP contribution in [-0.4, -0.2) is 29.2 Å². The quantitative estimate of drug-likeness (QED) is 0.712. The molecule has 28 heavy (non-hydrogen) atoms. The topological polar surface area (TPSA) is 90.3 Å². The van der Waals surface area contributed by atoms with Gasteiger partial charge in [0.05, 0.1) is 17.2 Å². The SMILES string of the molecule is N#CC(NC(=O)CCN1C(=O)c2ccc(Br)cc2C1=O)c1ccc(F)cc1F. The molecule has 0 radical (unpaired) electrons. The second kappa shape index (κ2) is 7.86. The molecule has 0 aliphatic carbocycles. The molecule has 0 bridgehead atoms. The molecule has 3 amide bonds. The minimum Gasteiger partial charge on any atom is -0.336 e. The Bertz CT molecular complexity index is 1040. The van der Waals surface area contributed by atoms with E-state index in [9.17, 15) is 28.4 Å². The summed E-state index contributed by atoms with van der Waals surface area (Å²) < 4.78 is 27.5. The normalized spacial score (nSPS) is 13.9. The van der Waals surface area contributed by atoms with E-state index in [2.05, 4.69) is 21.2 Å². The number of carbonyl (C=O) groups excluding carboxylic acids is 3. The molecule has 0 saturated heterocycles. The van der Waals surface area contributed by atoms with Gasteiger partial charge in [0.25, 0.3) is 11.8 Å². The lowest BCUT2D eigenvalue weighted by atomic mass is 10.1. The first kappa shape index (κ1) is 19.6. The molecule has 9 heteroatoms. The summed E-state index contributed by atoms with van der Waals surface area (Å²) in [6, 6.07) is 7.74. The van der Waals surface area contributed by atoms with Gasteiger partial charge >= 0.3 is 0 Å². The van der Waals surface area contributed by atoms with Crippen LogP contribution >= 0.6 is 15.9 Å². The van der Waals surface area contributed by atoms with Gasteiger partial charge in [-0.15, -0.1) is 0 Å². The monoisotopic (exact) mass is 447 g/mol. The maximum Gasteiger partial charge on any atom is 0.261 e. The van der Waals surface area contributed by atoms with E-state index < -0.39 is 35.4 Å². The number of hydrogen-bond acceptors (Lipinski definition) is 4. The highest BCUT2D eigenvalue weighted by Gasteiger charge is 2.35. The molecule has 1 aliphatic heterocycles. The van der Waals surface area contributed by atoms with Gasteiger partial charge in [-0.3, -0.25) is 19.3 Å². The Labute approximate surface area is 166 Å². The van der Waals surface area contributed by atoms with Crippen LogP contribution in [0, 0.1) is 23.0 Å². The predicted molar refractivity (Wildman–Crippen MR) is 97.0 cm³/mol. The van der Waals surface area contributed by atoms with Crippen molar-refractivity contribution in [1.82, 2.24) is 10.2 Å². The summed E-state index contributed by atoms with van der Waals surface area (Å²) in [6.45, 7) is -0.195. The second-order valence-electron chi connectivity index (χ2n) is 6.00. The summed E-state index contributed by atoms with van der Waals surface area (Å²) >= 11 is 3.23. The number of nitrogens with one attached hydrogen (secondary N) is 1. The van der Waals surface area contributed by atoms with E-state index in [4.69, 9.17) is 0 Å². The minimum absolute atomic E-state index is 0.178. The van der Waals surface area contributed by atoms with E-state index in [1.165, 1.54) is 12.1 Å².